The number of rotatable bonds is 4. The second kappa shape index (κ2) is 7.53. The standard InChI is InChI=1S/C19H13Cl2N3O4/c20-12-2-3-15(13(21)8-12)22-18(25)9-24-19(26)6-4-14(23-24)11-1-5-16-17(7-11)28-10-27-16/h1-8H,9-10H2,(H,22,25). The van der Waals surface area contributed by atoms with Crippen LogP contribution in [0.4, 0.5) is 5.69 Å². The number of carbonyl (C=O) groups excluding carboxylic acids is 1. The van der Waals surface area contributed by atoms with Gasteiger partial charge in [-0.05, 0) is 42.5 Å². The number of hydrogen-bond acceptors (Lipinski definition) is 5. The van der Waals surface area contributed by atoms with Crippen molar-refractivity contribution in [2.24, 2.45) is 0 Å². The largest absolute Gasteiger partial charge is 0.454 e. The highest BCUT2D eigenvalue weighted by Crippen LogP contribution is 2.35. The monoisotopic (exact) mass is 417 g/mol. The fourth-order valence-corrected chi connectivity index (χ4v) is 3.14. The third kappa shape index (κ3) is 3.81. The average Bonchev–Trinajstić information content (AvgIpc) is 3.13. The highest BCUT2D eigenvalue weighted by molar-refractivity contribution is 6.36. The Morgan fingerprint density at radius 1 is 1.07 bits per heavy atom. The van der Waals surface area contributed by atoms with Crippen molar-refractivity contribution in [1.29, 1.82) is 0 Å². The van der Waals surface area contributed by atoms with E-state index in [9.17, 15) is 9.59 Å². The molecule has 2 heterocycles. The van der Waals surface area contributed by atoms with E-state index >= 15 is 0 Å². The molecule has 28 heavy (non-hydrogen) atoms. The van der Waals surface area contributed by atoms with Crippen LogP contribution in [0.15, 0.2) is 53.3 Å². The van der Waals surface area contributed by atoms with Gasteiger partial charge in [0.05, 0.1) is 16.4 Å². The molecule has 0 fully saturated rings. The number of benzene rings is 2. The highest BCUT2D eigenvalue weighted by atomic mass is 35.5. The summed E-state index contributed by atoms with van der Waals surface area (Å²) in [6.07, 6.45) is 0. The van der Waals surface area contributed by atoms with Crippen LogP contribution in [-0.2, 0) is 11.3 Å². The minimum Gasteiger partial charge on any atom is -0.454 e. The lowest BCUT2D eigenvalue weighted by Crippen LogP contribution is -2.29. The van der Waals surface area contributed by atoms with E-state index in [0.717, 1.165) is 10.2 Å². The zero-order valence-corrected chi connectivity index (χ0v) is 15.8. The topological polar surface area (TPSA) is 82.5 Å². The van der Waals surface area contributed by atoms with Crippen LogP contribution in [0, 0.1) is 0 Å². The van der Waals surface area contributed by atoms with Gasteiger partial charge < -0.3 is 14.8 Å². The molecule has 0 spiro atoms. The first-order valence-electron chi connectivity index (χ1n) is 8.23. The Balaban J connectivity index is 1.55. The van der Waals surface area contributed by atoms with Gasteiger partial charge in [0, 0.05) is 16.7 Å². The Morgan fingerprint density at radius 2 is 1.89 bits per heavy atom. The van der Waals surface area contributed by atoms with Crippen LogP contribution in [-0.4, -0.2) is 22.5 Å². The Kier molecular flexibility index (Phi) is 4.93. The number of aromatic nitrogens is 2. The Bertz CT molecular complexity index is 1130. The van der Waals surface area contributed by atoms with Crippen LogP contribution >= 0.6 is 23.2 Å². The van der Waals surface area contributed by atoms with E-state index in [0.29, 0.717) is 32.9 Å². The number of carbonyl (C=O) groups is 1. The van der Waals surface area contributed by atoms with Gasteiger partial charge in [-0.25, -0.2) is 4.68 Å². The third-order valence-corrected chi connectivity index (χ3v) is 4.58. The molecule has 1 aromatic heterocycles. The van der Waals surface area contributed by atoms with Crippen molar-refractivity contribution in [3.63, 3.8) is 0 Å². The van der Waals surface area contributed by atoms with E-state index in [2.05, 4.69) is 10.4 Å². The quantitative estimate of drug-likeness (QED) is 0.701. The number of halogens is 2. The molecule has 1 aliphatic rings. The lowest BCUT2D eigenvalue weighted by molar-refractivity contribution is -0.117. The summed E-state index contributed by atoms with van der Waals surface area (Å²) in [7, 11) is 0. The lowest BCUT2D eigenvalue weighted by atomic mass is 10.1. The van der Waals surface area contributed by atoms with Crippen LogP contribution in [0.1, 0.15) is 0 Å². The molecule has 1 aliphatic heterocycles. The Hall–Kier alpha value is -3.03. The first kappa shape index (κ1) is 18.3. The predicted molar refractivity (Wildman–Crippen MR) is 105 cm³/mol. The third-order valence-electron chi connectivity index (χ3n) is 4.03. The Labute approximate surface area is 169 Å². The van der Waals surface area contributed by atoms with E-state index in [1.54, 1.807) is 36.4 Å². The van der Waals surface area contributed by atoms with E-state index in [-0.39, 0.29) is 13.3 Å². The average molecular weight is 418 g/mol. The maximum Gasteiger partial charge on any atom is 0.267 e. The second-order valence-corrected chi connectivity index (χ2v) is 6.80. The maximum absolute atomic E-state index is 12.3. The van der Waals surface area contributed by atoms with Gasteiger partial charge in [0.1, 0.15) is 6.54 Å². The highest BCUT2D eigenvalue weighted by Gasteiger charge is 2.15. The molecule has 2 aromatic carbocycles. The summed E-state index contributed by atoms with van der Waals surface area (Å²) >= 11 is 11.9. The van der Waals surface area contributed by atoms with Crippen molar-refractivity contribution >= 4 is 34.8 Å². The zero-order valence-electron chi connectivity index (χ0n) is 14.3. The molecule has 7 nitrogen and oxygen atoms in total. The van der Waals surface area contributed by atoms with Crippen molar-refractivity contribution in [3.05, 3.63) is 68.9 Å². The fourth-order valence-electron chi connectivity index (χ4n) is 2.69. The van der Waals surface area contributed by atoms with Crippen LogP contribution in [0.25, 0.3) is 11.3 Å². The lowest BCUT2D eigenvalue weighted by Gasteiger charge is -2.10. The number of hydrogen-bond donors (Lipinski definition) is 1. The number of fused-ring (bicyclic) bond motifs is 1. The molecule has 0 aliphatic carbocycles. The molecule has 142 valence electrons. The first-order chi connectivity index (χ1) is 13.5. The molecule has 0 atom stereocenters. The molecular formula is C19H13Cl2N3O4. The molecule has 0 unspecified atom stereocenters. The van der Waals surface area contributed by atoms with Gasteiger partial charge in [-0.15, -0.1) is 0 Å². The molecule has 0 saturated heterocycles. The SMILES string of the molecule is O=C(Cn1nc(-c2ccc3c(c2)OCO3)ccc1=O)Nc1ccc(Cl)cc1Cl. The molecule has 3 aromatic rings. The van der Waals surface area contributed by atoms with Crippen LogP contribution in [0.3, 0.4) is 0 Å². The fraction of sp³-hybridized carbons (Fsp3) is 0.105. The van der Waals surface area contributed by atoms with Gasteiger partial charge in [-0.3, -0.25) is 9.59 Å². The van der Waals surface area contributed by atoms with E-state index < -0.39 is 11.5 Å². The first-order valence-corrected chi connectivity index (χ1v) is 8.98. The Morgan fingerprint density at radius 3 is 2.71 bits per heavy atom. The van der Waals surface area contributed by atoms with Crippen molar-refractivity contribution in [3.8, 4) is 22.8 Å². The van der Waals surface area contributed by atoms with Gasteiger partial charge in [0.25, 0.3) is 5.56 Å². The summed E-state index contributed by atoms with van der Waals surface area (Å²) in [5.41, 5.74) is 1.26. The summed E-state index contributed by atoms with van der Waals surface area (Å²) < 4.78 is 11.7. The number of nitrogens with zero attached hydrogens (tertiary/aromatic N) is 2. The smallest absolute Gasteiger partial charge is 0.267 e. The molecule has 0 bridgehead atoms. The summed E-state index contributed by atoms with van der Waals surface area (Å²) in [6.45, 7) is -0.102. The summed E-state index contributed by atoms with van der Waals surface area (Å²) in [5.74, 6) is 0.810. The van der Waals surface area contributed by atoms with Crippen LogP contribution in [0.5, 0.6) is 11.5 Å². The van der Waals surface area contributed by atoms with Gasteiger partial charge >= 0.3 is 0 Å². The van der Waals surface area contributed by atoms with E-state index in [1.165, 1.54) is 12.1 Å². The van der Waals surface area contributed by atoms with Crippen LogP contribution in [0.2, 0.25) is 10.0 Å². The second-order valence-electron chi connectivity index (χ2n) is 5.95. The number of anilines is 1. The van der Waals surface area contributed by atoms with E-state index in [4.69, 9.17) is 32.7 Å². The molecule has 9 heteroatoms. The molecule has 1 N–H and O–H groups in total. The number of ether oxygens (including phenoxy) is 2. The summed E-state index contributed by atoms with van der Waals surface area (Å²) in [6, 6.07) is 13.0. The summed E-state index contributed by atoms with van der Waals surface area (Å²) in [4.78, 5) is 24.5. The normalized spacial score (nSPS) is 12.1. The summed E-state index contributed by atoms with van der Waals surface area (Å²) in [5, 5.41) is 7.68. The zero-order chi connectivity index (χ0) is 19.7. The minimum atomic E-state index is -0.443. The molecule has 4 rings (SSSR count). The predicted octanol–water partition coefficient (Wildman–Crippen LogP) is 3.58. The van der Waals surface area contributed by atoms with E-state index in [1.807, 2.05) is 0 Å². The number of amides is 1. The molecular weight excluding hydrogens is 405 g/mol. The number of nitrogens with one attached hydrogen (secondary N) is 1. The minimum absolute atomic E-state index is 0.166. The van der Waals surface area contributed by atoms with Gasteiger partial charge in [0.15, 0.2) is 11.5 Å². The van der Waals surface area contributed by atoms with Gasteiger partial charge in [-0.1, -0.05) is 23.2 Å². The van der Waals surface area contributed by atoms with Crippen molar-refractivity contribution in [2.75, 3.05) is 12.1 Å². The molecule has 0 radical (unpaired) electrons. The van der Waals surface area contributed by atoms with Crippen molar-refractivity contribution in [2.45, 2.75) is 6.54 Å². The molecule has 1 amide bonds. The van der Waals surface area contributed by atoms with Crippen molar-refractivity contribution < 1.29 is 14.3 Å². The van der Waals surface area contributed by atoms with Gasteiger partial charge in [-0.2, -0.15) is 5.10 Å². The maximum atomic E-state index is 12.3. The molecule has 0 saturated carbocycles. The van der Waals surface area contributed by atoms with Gasteiger partial charge in [0.2, 0.25) is 12.7 Å². The van der Waals surface area contributed by atoms with Crippen LogP contribution < -0.4 is 20.3 Å². The van der Waals surface area contributed by atoms with Crippen molar-refractivity contribution in [1.82, 2.24) is 9.78 Å².